The van der Waals surface area contributed by atoms with Crippen molar-refractivity contribution < 1.29 is 0 Å². The van der Waals surface area contributed by atoms with E-state index in [9.17, 15) is 0 Å². The van der Waals surface area contributed by atoms with E-state index in [1.807, 2.05) is 42.6 Å². The number of rotatable bonds is 4. The molecule has 0 fully saturated rings. The van der Waals surface area contributed by atoms with Gasteiger partial charge in [-0.1, -0.05) is 153 Å². The Kier molecular flexibility index (Phi) is 6.74. The molecule has 1 spiro atoms. The van der Waals surface area contributed by atoms with Gasteiger partial charge in [-0.05, 0) is 74.8 Å². The zero-order valence-electron chi connectivity index (χ0n) is 29.1. The second-order valence-corrected chi connectivity index (χ2v) is 14.4. The molecule has 0 saturated carbocycles. The zero-order chi connectivity index (χ0) is 34.9. The van der Waals surface area contributed by atoms with E-state index in [0.29, 0.717) is 5.82 Å². The van der Waals surface area contributed by atoms with E-state index in [-0.39, 0.29) is 5.41 Å². The fourth-order valence-corrected chi connectivity index (χ4v) is 8.85. The molecule has 0 atom stereocenters. The quantitative estimate of drug-likeness (QED) is 0.188. The monoisotopic (exact) mass is 665 g/mol. The first-order valence-electron chi connectivity index (χ1n) is 17.9. The highest BCUT2D eigenvalue weighted by molar-refractivity contribution is 5.90. The summed E-state index contributed by atoms with van der Waals surface area (Å²) in [5.41, 5.74) is 16.8. The summed E-state index contributed by atoms with van der Waals surface area (Å²) in [6.45, 7) is 4.73. The van der Waals surface area contributed by atoms with Crippen LogP contribution in [0, 0.1) is 0 Å². The summed E-state index contributed by atoms with van der Waals surface area (Å²) in [6.07, 6.45) is 1.83. The minimum Gasteiger partial charge on any atom is -0.256 e. The molecule has 246 valence electrons. The van der Waals surface area contributed by atoms with Crippen molar-refractivity contribution in [3.63, 3.8) is 0 Å². The molecule has 3 heteroatoms. The van der Waals surface area contributed by atoms with Crippen LogP contribution in [-0.2, 0) is 10.8 Å². The van der Waals surface area contributed by atoms with Gasteiger partial charge in [-0.25, -0.2) is 9.97 Å². The Bertz CT molecular complexity index is 2610. The minimum absolute atomic E-state index is 0.149. The highest BCUT2D eigenvalue weighted by Gasteiger charge is 2.53. The van der Waals surface area contributed by atoms with Crippen molar-refractivity contribution in [1.82, 2.24) is 15.0 Å². The molecule has 2 heterocycles. The van der Waals surface area contributed by atoms with Crippen molar-refractivity contribution in [2.75, 3.05) is 0 Å². The second-order valence-electron chi connectivity index (χ2n) is 14.4. The summed E-state index contributed by atoms with van der Waals surface area (Å²) >= 11 is 0. The highest BCUT2D eigenvalue weighted by Crippen LogP contribution is 2.62. The van der Waals surface area contributed by atoms with Gasteiger partial charge in [0.05, 0.1) is 22.5 Å². The van der Waals surface area contributed by atoms with Crippen molar-refractivity contribution in [3.8, 4) is 56.3 Å². The van der Waals surface area contributed by atoms with Crippen LogP contribution in [0.15, 0.2) is 176 Å². The fourth-order valence-electron chi connectivity index (χ4n) is 8.85. The molecule has 10 rings (SSSR count). The largest absolute Gasteiger partial charge is 0.256 e. The van der Waals surface area contributed by atoms with Crippen LogP contribution in [0.5, 0.6) is 0 Å². The van der Waals surface area contributed by atoms with Gasteiger partial charge in [-0.2, -0.15) is 0 Å². The third-order valence-corrected chi connectivity index (χ3v) is 11.2. The normalized spacial score (nSPS) is 14.3. The smallest absolute Gasteiger partial charge is 0.160 e. The lowest BCUT2D eigenvalue weighted by Crippen LogP contribution is -2.40. The number of nitrogens with zero attached hydrogens (tertiary/aromatic N) is 3. The van der Waals surface area contributed by atoms with Crippen molar-refractivity contribution in [2.24, 2.45) is 0 Å². The Morgan fingerprint density at radius 3 is 1.58 bits per heavy atom. The molecule has 2 aliphatic carbocycles. The van der Waals surface area contributed by atoms with Crippen molar-refractivity contribution in [1.29, 1.82) is 0 Å². The number of pyridine rings is 1. The van der Waals surface area contributed by atoms with Crippen LogP contribution in [0.1, 0.15) is 47.2 Å². The van der Waals surface area contributed by atoms with E-state index in [1.165, 1.54) is 44.5 Å². The molecular weight excluding hydrogens is 631 g/mol. The van der Waals surface area contributed by atoms with Crippen LogP contribution in [0.2, 0.25) is 0 Å². The maximum Gasteiger partial charge on any atom is 0.160 e. The van der Waals surface area contributed by atoms with E-state index in [1.54, 1.807) is 0 Å². The summed E-state index contributed by atoms with van der Waals surface area (Å²) in [5, 5.41) is 0. The van der Waals surface area contributed by atoms with E-state index in [2.05, 4.69) is 152 Å². The summed E-state index contributed by atoms with van der Waals surface area (Å²) < 4.78 is 0. The lowest BCUT2D eigenvalue weighted by molar-refractivity contribution is 0.563. The minimum atomic E-state index is -0.472. The third-order valence-electron chi connectivity index (χ3n) is 11.2. The Morgan fingerprint density at radius 1 is 0.365 bits per heavy atom. The predicted molar refractivity (Wildman–Crippen MR) is 211 cm³/mol. The number of fused-ring (bicyclic) bond motifs is 9. The summed E-state index contributed by atoms with van der Waals surface area (Å²) in [4.78, 5) is 15.1. The third kappa shape index (κ3) is 4.42. The Morgan fingerprint density at radius 2 is 0.904 bits per heavy atom. The van der Waals surface area contributed by atoms with Crippen molar-refractivity contribution in [3.05, 3.63) is 209 Å². The number of hydrogen-bond donors (Lipinski definition) is 0. The molecule has 8 aromatic rings. The predicted octanol–water partition coefficient (Wildman–Crippen LogP) is 11.5. The molecule has 2 aromatic heterocycles. The van der Waals surface area contributed by atoms with Crippen LogP contribution in [0.4, 0.5) is 0 Å². The first-order chi connectivity index (χ1) is 25.5. The molecular formula is C49H35N3. The molecule has 0 saturated heterocycles. The van der Waals surface area contributed by atoms with Gasteiger partial charge in [0, 0.05) is 33.9 Å². The maximum atomic E-state index is 5.28. The second kappa shape index (κ2) is 11.5. The van der Waals surface area contributed by atoms with Gasteiger partial charge in [0.25, 0.3) is 0 Å². The first kappa shape index (κ1) is 30.4. The topological polar surface area (TPSA) is 38.7 Å². The molecule has 2 aliphatic rings. The zero-order valence-corrected chi connectivity index (χ0v) is 29.1. The Hall–Kier alpha value is -6.45. The molecule has 0 radical (unpaired) electrons. The van der Waals surface area contributed by atoms with Gasteiger partial charge in [0.1, 0.15) is 0 Å². The maximum absolute atomic E-state index is 5.28. The molecule has 52 heavy (non-hydrogen) atoms. The van der Waals surface area contributed by atoms with E-state index < -0.39 is 5.41 Å². The van der Waals surface area contributed by atoms with Crippen molar-refractivity contribution in [2.45, 2.75) is 24.7 Å². The van der Waals surface area contributed by atoms with Gasteiger partial charge in [0.15, 0.2) is 5.82 Å². The fraction of sp³-hybridized carbons (Fsp3) is 0.0816. The Labute approximate surface area is 304 Å². The van der Waals surface area contributed by atoms with Crippen LogP contribution in [0.3, 0.4) is 0 Å². The SMILES string of the molecule is CC1(C)c2ccccc2C2(c3ccccc3-c3ccc(-c4cc(-c5cccc(-c6ccccn6)c5)nc(-c5ccccc5)n4)cc32)c2ccccc21. The standard InChI is InChI=1S/C49H35N3/c1-48(2)39-21-8-10-23-41(39)49(42-24-11-9-22-40(42)48)38-20-7-6-19-36(38)37-27-26-35(30-43(37)49)46-31-45(51-47(52-46)32-15-4-3-5-16-32)34-18-14-17-33(29-34)44-25-12-13-28-50-44/h3-31H,1-2H3. The molecule has 3 nitrogen and oxygen atoms in total. The van der Waals surface area contributed by atoms with Crippen molar-refractivity contribution >= 4 is 0 Å². The summed E-state index contributed by atoms with van der Waals surface area (Å²) in [7, 11) is 0. The van der Waals surface area contributed by atoms with Gasteiger partial charge in [0.2, 0.25) is 0 Å². The first-order valence-corrected chi connectivity index (χ1v) is 17.9. The molecule has 0 unspecified atom stereocenters. The average Bonchev–Trinajstić information content (AvgIpc) is 3.51. The van der Waals surface area contributed by atoms with Gasteiger partial charge in [-0.15, -0.1) is 0 Å². The van der Waals surface area contributed by atoms with E-state index in [0.717, 1.165) is 39.3 Å². The van der Waals surface area contributed by atoms with Gasteiger partial charge >= 0.3 is 0 Å². The average molecular weight is 666 g/mol. The van der Waals surface area contributed by atoms with E-state index >= 15 is 0 Å². The van der Waals surface area contributed by atoms with Gasteiger partial charge < -0.3 is 0 Å². The van der Waals surface area contributed by atoms with Crippen LogP contribution in [-0.4, -0.2) is 15.0 Å². The number of benzene rings is 6. The van der Waals surface area contributed by atoms with Gasteiger partial charge in [-0.3, -0.25) is 4.98 Å². The molecule has 0 amide bonds. The molecule has 6 aromatic carbocycles. The Balaban J connectivity index is 1.23. The lowest BCUT2D eigenvalue weighted by atomic mass is 9.55. The van der Waals surface area contributed by atoms with Crippen LogP contribution < -0.4 is 0 Å². The summed E-state index contributed by atoms with van der Waals surface area (Å²) in [6, 6.07) is 61.1. The molecule has 0 aliphatic heterocycles. The van der Waals surface area contributed by atoms with Crippen LogP contribution >= 0.6 is 0 Å². The molecule has 0 bridgehead atoms. The lowest BCUT2D eigenvalue weighted by Gasteiger charge is -2.46. The van der Waals surface area contributed by atoms with Crippen LogP contribution in [0.25, 0.3) is 56.3 Å². The van der Waals surface area contributed by atoms with E-state index in [4.69, 9.17) is 9.97 Å². The molecule has 0 N–H and O–H groups in total. The highest BCUT2D eigenvalue weighted by atomic mass is 14.9. The summed E-state index contributed by atoms with van der Waals surface area (Å²) in [5.74, 6) is 0.699. The number of hydrogen-bond acceptors (Lipinski definition) is 3. The number of aromatic nitrogens is 3.